The van der Waals surface area contributed by atoms with E-state index in [4.69, 9.17) is 11.6 Å². The van der Waals surface area contributed by atoms with Gasteiger partial charge < -0.3 is 5.32 Å². The van der Waals surface area contributed by atoms with Crippen molar-refractivity contribution in [3.63, 3.8) is 0 Å². The van der Waals surface area contributed by atoms with Gasteiger partial charge in [0.2, 0.25) is 0 Å². The second-order valence-electron chi connectivity index (χ2n) is 4.62. The van der Waals surface area contributed by atoms with Gasteiger partial charge in [-0.15, -0.1) is 0 Å². The van der Waals surface area contributed by atoms with E-state index in [9.17, 15) is 4.39 Å². The zero-order chi connectivity index (χ0) is 13.4. The van der Waals surface area contributed by atoms with Crippen molar-refractivity contribution in [3.8, 4) is 5.69 Å². The molecule has 0 spiro atoms. The van der Waals surface area contributed by atoms with E-state index < -0.39 is 0 Å². The minimum absolute atomic E-state index is 0.330. The van der Waals surface area contributed by atoms with E-state index in [0.29, 0.717) is 21.2 Å². The summed E-state index contributed by atoms with van der Waals surface area (Å²) in [6.45, 7) is 0.744. The van der Waals surface area contributed by atoms with Gasteiger partial charge in [0.15, 0.2) is 0 Å². The molecule has 1 aromatic carbocycles. The SMILES string of the molecule is Fc1cc(Cl)c(-n2ccc(CNC3CC3)n2)c(Br)c1. The van der Waals surface area contributed by atoms with E-state index in [1.54, 1.807) is 4.68 Å². The summed E-state index contributed by atoms with van der Waals surface area (Å²) in [4.78, 5) is 0. The highest BCUT2D eigenvalue weighted by Gasteiger charge is 2.20. The summed E-state index contributed by atoms with van der Waals surface area (Å²) in [5, 5.41) is 8.17. The lowest BCUT2D eigenvalue weighted by Gasteiger charge is -2.07. The van der Waals surface area contributed by atoms with Crippen LogP contribution in [0.15, 0.2) is 28.9 Å². The van der Waals surface area contributed by atoms with Crippen LogP contribution in [0.3, 0.4) is 0 Å². The summed E-state index contributed by atoms with van der Waals surface area (Å²) >= 11 is 9.38. The summed E-state index contributed by atoms with van der Waals surface area (Å²) in [6, 6.07) is 5.24. The highest BCUT2D eigenvalue weighted by atomic mass is 79.9. The van der Waals surface area contributed by atoms with Crippen molar-refractivity contribution in [1.29, 1.82) is 0 Å². The van der Waals surface area contributed by atoms with Gasteiger partial charge in [0.1, 0.15) is 5.82 Å². The number of benzene rings is 1. The van der Waals surface area contributed by atoms with Gasteiger partial charge in [-0.1, -0.05) is 11.6 Å². The van der Waals surface area contributed by atoms with E-state index in [1.807, 2.05) is 12.3 Å². The molecular weight excluding hydrogens is 333 g/mol. The van der Waals surface area contributed by atoms with Crippen molar-refractivity contribution < 1.29 is 4.39 Å². The maximum Gasteiger partial charge on any atom is 0.125 e. The van der Waals surface area contributed by atoms with Crippen molar-refractivity contribution in [3.05, 3.63) is 45.4 Å². The standard InChI is InChI=1S/C13H12BrClFN3/c14-11-5-8(16)6-12(15)13(11)19-4-3-10(18-19)7-17-9-1-2-9/h3-6,9,17H,1-2,7H2. The van der Waals surface area contributed by atoms with E-state index in [0.717, 1.165) is 12.2 Å². The number of aromatic nitrogens is 2. The van der Waals surface area contributed by atoms with Gasteiger partial charge >= 0.3 is 0 Å². The third-order valence-electron chi connectivity index (χ3n) is 3.00. The highest BCUT2D eigenvalue weighted by Crippen LogP contribution is 2.29. The highest BCUT2D eigenvalue weighted by molar-refractivity contribution is 9.10. The Bertz CT molecular complexity index is 587. The summed E-state index contributed by atoms with van der Waals surface area (Å²) < 4.78 is 15.4. The van der Waals surface area contributed by atoms with Gasteiger partial charge in [0, 0.05) is 23.3 Å². The molecule has 0 bridgehead atoms. The normalized spacial score (nSPS) is 14.9. The minimum Gasteiger partial charge on any atom is -0.308 e. The van der Waals surface area contributed by atoms with E-state index in [1.165, 1.54) is 25.0 Å². The molecular formula is C13H12BrClFN3. The first-order chi connectivity index (χ1) is 9.13. The van der Waals surface area contributed by atoms with E-state index in [-0.39, 0.29) is 5.82 Å². The van der Waals surface area contributed by atoms with Crippen LogP contribution < -0.4 is 5.32 Å². The Morgan fingerprint density at radius 3 is 2.95 bits per heavy atom. The second kappa shape index (κ2) is 5.23. The summed E-state index contributed by atoms with van der Waals surface area (Å²) in [6.07, 6.45) is 4.32. The molecule has 0 amide bonds. The van der Waals surface area contributed by atoms with Gasteiger partial charge in [-0.25, -0.2) is 9.07 Å². The van der Waals surface area contributed by atoms with Crippen molar-refractivity contribution in [2.75, 3.05) is 0 Å². The average Bonchev–Trinajstić information content (AvgIpc) is 3.05. The molecule has 1 N–H and O–H groups in total. The number of nitrogens with zero attached hydrogens (tertiary/aromatic N) is 2. The molecule has 0 atom stereocenters. The third-order valence-corrected chi connectivity index (χ3v) is 3.90. The lowest BCUT2D eigenvalue weighted by Crippen LogP contribution is -2.15. The number of hydrogen-bond donors (Lipinski definition) is 1. The quantitative estimate of drug-likeness (QED) is 0.917. The Morgan fingerprint density at radius 2 is 2.26 bits per heavy atom. The number of rotatable bonds is 4. The largest absolute Gasteiger partial charge is 0.308 e. The Hall–Kier alpha value is -0.910. The van der Waals surface area contributed by atoms with Gasteiger partial charge in [0.05, 0.1) is 16.4 Å². The molecule has 0 saturated heterocycles. The first kappa shape index (κ1) is 13.1. The lowest BCUT2D eigenvalue weighted by molar-refractivity contribution is 0.625. The maximum atomic E-state index is 13.2. The Kier molecular flexibility index (Phi) is 3.60. The third kappa shape index (κ3) is 2.99. The molecule has 3 rings (SSSR count). The second-order valence-corrected chi connectivity index (χ2v) is 5.89. The summed E-state index contributed by atoms with van der Waals surface area (Å²) in [5.41, 5.74) is 1.60. The Labute approximate surface area is 123 Å². The minimum atomic E-state index is -0.372. The predicted molar refractivity (Wildman–Crippen MR) is 76.1 cm³/mol. The van der Waals surface area contributed by atoms with Gasteiger partial charge in [-0.05, 0) is 47.0 Å². The average molecular weight is 345 g/mol. The van der Waals surface area contributed by atoms with Crippen molar-refractivity contribution in [2.24, 2.45) is 0 Å². The van der Waals surface area contributed by atoms with Gasteiger partial charge in [-0.2, -0.15) is 5.10 Å². The van der Waals surface area contributed by atoms with Crippen LogP contribution in [0.2, 0.25) is 5.02 Å². The fourth-order valence-corrected chi connectivity index (χ4v) is 2.89. The van der Waals surface area contributed by atoms with Crippen molar-refractivity contribution in [1.82, 2.24) is 15.1 Å². The monoisotopic (exact) mass is 343 g/mol. The van der Waals surface area contributed by atoms with Crippen LogP contribution in [-0.2, 0) is 6.54 Å². The smallest absolute Gasteiger partial charge is 0.125 e. The van der Waals surface area contributed by atoms with Crippen LogP contribution in [0.5, 0.6) is 0 Å². The fourth-order valence-electron chi connectivity index (χ4n) is 1.87. The molecule has 0 radical (unpaired) electrons. The Balaban J connectivity index is 1.85. The predicted octanol–water partition coefficient (Wildman–Crippen LogP) is 3.68. The van der Waals surface area contributed by atoms with Crippen LogP contribution in [0.4, 0.5) is 4.39 Å². The van der Waals surface area contributed by atoms with Crippen LogP contribution in [-0.4, -0.2) is 15.8 Å². The number of halogens is 3. The molecule has 1 heterocycles. The molecule has 100 valence electrons. The first-order valence-corrected chi connectivity index (χ1v) is 7.23. The molecule has 2 aromatic rings. The van der Waals surface area contributed by atoms with Crippen LogP contribution in [0, 0.1) is 5.82 Å². The molecule has 1 aromatic heterocycles. The van der Waals surface area contributed by atoms with Crippen LogP contribution in [0.25, 0.3) is 5.69 Å². The Morgan fingerprint density at radius 1 is 1.47 bits per heavy atom. The van der Waals surface area contributed by atoms with E-state index >= 15 is 0 Å². The van der Waals surface area contributed by atoms with Crippen LogP contribution >= 0.6 is 27.5 Å². The number of hydrogen-bond acceptors (Lipinski definition) is 2. The molecule has 1 saturated carbocycles. The van der Waals surface area contributed by atoms with Crippen molar-refractivity contribution >= 4 is 27.5 Å². The first-order valence-electron chi connectivity index (χ1n) is 6.06. The molecule has 3 nitrogen and oxygen atoms in total. The lowest BCUT2D eigenvalue weighted by atomic mass is 10.3. The summed E-state index contributed by atoms with van der Waals surface area (Å²) in [7, 11) is 0. The number of nitrogens with one attached hydrogen (secondary N) is 1. The topological polar surface area (TPSA) is 29.9 Å². The molecule has 1 aliphatic carbocycles. The van der Waals surface area contributed by atoms with Crippen molar-refractivity contribution in [2.45, 2.75) is 25.4 Å². The molecule has 0 unspecified atom stereocenters. The summed E-state index contributed by atoms with van der Waals surface area (Å²) in [5.74, 6) is -0.372. The fraction of sp³-hybridized carbons (Fsp3) is 0.308. The maximum absolute atomic E-state index is 13.2. The molecule has 6 heteroatoms. The zero-order valence-electron chi connectivity index (χ0n) is 10.0. The van der Waals surface area contributed by atoms with E-state index in [2.05, 4.69) is 26.3 Å². The molecule has 1 fully saturated rings. The van der Waals surface area contributed by atoms with Gasteiger partial charge in [0.25, 0.3) is 0 Å². The zero-order valence-corrected chi connectivity index (χ0v) is 12.4. The van der Waals surface area contributed by atoms with Gasteiger partial charge in [-0.3, -0.25) is 0 Å². The van der Waals surface area contributed by atoms with Crippen LogP contribution in [0.1, 0.15) is 18.5 Å². The molecule has 1 aliphatic rings. The molecule has 19 heavy (non-hydrogen) atoms. The molecule has 0 aliphatic heterocycles.